The van der Waals surface area contributed by atoms with Gasteiger partial charge in [0.05, 0.1) is 25.9 Å². The highest BCUT2D eigenvalue weighted by atomic mass is 16.5. The molecule has 0 saturated carbocycles. The average molecular weight is 712 g/mol. The molecule has 0 aliphatic rings. The van der Waals surface area contributed by atoms with Crippen LogP contribution in [0, 0.1) is 11.3 Å². The number of benzene rings is 2. The predicted octanol–water partition coefficient (Wildman–Crippen LogP) is 3.55. The topological polar surface area (TPSA) is 178 Å². The van der Waals surface area contributed by atoms with Gasteiger partial charge in [0.25, 0.3) is 0 Å². The summed E-state index contributed by atoms with van der Waals surface area (Å²) in [5.74, 6) is 2.04. The van der Waals surface area contributed by atoms with Gasteiger partial charge in [-0.3, -0.25) is 9.59 Å². The maximum Gasteiger partial charge on any atom is 0.220 e. The number of amides is 2. The number of pyridine rings is 2. The van der Waals surface area contributed by atoms with Gasteiger partial charge in [-0.05, 0) is 41.5 Å². The van der Waals surface area contributed by atoms with Gasteiger partial charge in [0.2, 0.25) is 35.3 Å². The summed E-state index contributed by atoms with van der Waals surface area (Å²) in [6.07, 6.45) is 0. The number of nitrogens with one attached hydrogen (secondary N) is 4. The summed E-state index contributed by atoms with van der Waals surface area (Å²) in [5, 5.41) is 21.4. The van der Waals surface area contributed by atoms with Crippen LogP contribution in [0.1, 0.15) is 47.2 Å². The Bertz CT molecular complexity index is 1730. The molecule has 2 amide bonds. The number of nitrogens with zero attached hydrogens (tertiary/aromatic N) is 3. The van der Waals surface area contributed by atoms with E-state index in [2.05, 4.69) is 37.3 Å². The van der Waals surface area contributed by atoms with E-state index < -0.39 is 0 Å². The summed E-state index contributed by atoms with van der Waals surface area (Å²) < 4.78 is 29.5. The van der Waals surface area contributed by atoms with Crippen molar-refractivity contribution in [2.45, 2.75) is 46.8 Å². The molecule has 4 aromatic rings. The fourth-order valence-corrected chi connectivity index (χ4v) is 5.05. The summed E-state index contributed by atoms with van der Waals surface area (Å²) in [7, 11) is 3.11. The number of ether oxygens (including phenoxy) is 5. The van der Waals surface area contributed by atoms with E-state index in [0.29, 0.717) is 74.1 Å². The maximum absolute atomic E-state index is 11.1. The van der Waals surface area contributed by atoms with Crippen molar-refractivity contribution in [3.05, 3.63) is 100 Å². The molecule has 0 unspecified atom stereocenters. The number of carbonyl (C=O) groups excluding carboxylic acids is 2. The summed E-state index contributed by atoms with van der Waals surface area (Å²) in [6.45, 7) is 6.77. The minimum absolute atomic E-state index is 0.0756. The van der Waals surface area contributed by atoms with Gasteiger partial charge in [-0.25, -0.2) is 0 Å². The van der Waals surface area contributed by atoms with Crippen molar-refractivity contribution in [2.75, 3.05) is 40.4 Å². The fraction of sp³-hybridized carbons (Fsp3) is 0.342. The van der Waals surface area contributed by atoms with Crippen molar-refractivity contribution in [3.8, 4) is 35.3 Å². The van der Waals surface area contributed by atoms with Crippen LogP contribution in [-0.2, 0) is 42.5 Å². The van der Waals surface area contributed by atoms with Gasteiger partial charge in [0.15, 0.2) is 0 Å². The van der Waals surface area contributed by atoms with Gasteiger partial charge in [-0.2, -0.15) is 15.2 Å². The summed E-state index contributed by atoms with van der Waals surface area (Å²) >= 11 is 0. The van der Waals surface area contributed by atoms with E-state index in [1.54, 1.807) is 50.6 Å². The van der Waals surface area contributed by atoms with Gasteiger partial charge in [-0.1, -0.05) is 24.3 Å². The zero-order valence-electron chi connectivity index (χ0n) is 29.9. The van der Waals surface area contributed by atoms with Gasteiger partial charge >= 0.3 is 0 Å². The molecule has 14 heteroatoms. The van der Waals surface area contributed by atoms with E-state index in [1.165, 1.54) is 13.8 Å². The third-order valence-electron chi connectivity index (χ3n) is 7.66. The van der Waals surface area contributed by atoms with Crippen molar-refractivity contribution < 1.29 is 33.3 Å². The molecule has 0 bridgehead atoms. The molecular weight excluding hydrogens is 666 g/mol. The lowest BCUT2D eigenvalue weighted by Crippen LogP contribution is -2.30. The number of hydrogen-bond acceptors (Lipinski definition) is 12. The molecule has 0 spiro atoms. The summed E-state index contributed by atoms with van der Waals surface area (Å²) in [5.41, 5.74) is 4.75. The molecular formula is C38H45N7O7. The molecule has 14 nitrogen and oxygen atoms in total. The smallest absolute Gasteiger partial charge is 0.220 e. The first-order chi connectivity index (χ1) is 25.3. The molecule has 0 aliphatic heterocycles. The Morgan fingerprint density at radius 3 is 1.65 bits per heavy atom. The van der Waals surface area contributed by atoms with Crippen LogP contribution in [0.5, 0.6) is 29.3 Å². The van der Waals surface area contributed by atoms with Gasteiger partial charge in [-0.15, -0.1) is 0 Å². The molecule has 0 radical (unpaired) electrons. The van der Waals surface area contributed by atoms with Crippen molar-refractivity contribution in [1.82, 2.24) is 31.2 Å². The first kappa shape index (κ1) is 38.9. The Kier molecular flexibility index (Phi) is 15.5. The Hall–Kier alpha value is -5.91. The fourth-order valence-electron chi connectivity index (χ4n) is 5.05. The quantitative estimate of drug-likeness (QED) is 0.0926. The molecule has 2 aromatic heterocycles. The second-order valence-corrected chi connectivity index (χ2v) is 11.5. The third-order valence-corrected chi connectivity index (χ3v) is 7.66. The van der Waals surface area contributed by atoms with Crippen LogP contribution < -0.4 is 45.0 Å². The van der Waals surface area contributed by atoms with Gasteiger partial charge in [0.1, 0.15) is 25.6 Å². The molecule has 4 N–H and O–H groups in total. The van der Waals surface area contributed by atoms with E-state index in [4.69, 9.17) is 23.7 Å². The maximum atomic E-state index is 11.1. The lowest BCUT2D eigenvalue weighted by Gasteiger charge is -2.17. The highest BCUT2D eigenvalue weighted by molar-refractivity contribution is 5.73. The van der Waals surface area contributed by atoms with Crippen LogP contribution in [-0.4, -0.2) is 62.2 Å². The Morgan fingerprint density at radius 1 is 0.654 bits per heavy atom. The molecule has 0 atom stereocenters. The first-order valence-electron chi connectivity index (χ1n) is 16.8. The van der Waals surface area contributed by atoms with Crippen LogP contribution in [0.4, 0.5) is 0 Å². The van der Waals surface area contributed by atoms with Crippen LogP contribution in [0.2, 0.25) is 0 Å². The third kappa shape index (κ3) is 12.4. The van der Waals surface area contributed by atoms with Gasteiger partial charge < -0.3 is 45.0 Å². The number of carbonyl (C=O) groups is 2. The molecule has 274 valence electrons. The van der Waals surface area contributed by atoms with Crippen LogP contribution in [0.3, 0.4) is 0 Å². The molecule has 2 aromatic carbocycles. The van der Waals surface area contributed by atoms with E-state index in [9.17, 15) is 14.9 Å². The number of methoxy groups -OCH3 is 2. The Morgan fingerprint density at radius 2 is 1.17 bits per heavy atom. The molecule has 52 heavy (non-hydrogen) atoms. The van der Waals surface area contributed by atoms with Crippen molar-refractivity contribution in [2.24, 2.45) is 0 Å². The summed E-state index contributed by atoms with van der Waals surface area (Å²) in [4.78, 5) is 31.3. The van der Waals surface area contributed by atoms with Crippen LogP contribution in [0.25, 0.3) is 0 Å². The van der Waals surface area contributed by atoms with Crippen molar-refractivity contribution in [3.63, 3.8) is 0 Å². The Labute approximate surface area is 303 Å². The standard InChI is InChI=1S/C38H45N7O7/c1-26(46)42-17-15-40-21-29-11-13-35(44-37(29)48-3)51-23-31-8-6-9-32(34(31)25-50-33-10-5-7-28(19-33)20-39)24-52-36-14-12-30(38(45-36)49-4)22-41-16-18-43-27(2)47/h5-14,19,40-41H,15-18,21-25H2,1-4H3,(H,42,46)(H,43,47). The predicted molar refractivity (Wildman–Crippen MR) is 193 cm³/mol. The largest absolute Gasteiger partial charge is 0.489 e. The molecule has 2 heterocycles. The number of aromatic nitrogens is 2. The minimum Gasteiger partial charge on any atom is -0.489 e. The van der Waals surface area contributed by atoms with Crippen molar-refractivity contribution in [1.29, 1.82) is 5.26 Å². The minimum atomic E-state index is -0.0756. The molecule has 4 rings (SSSR count). The normalized spacial score (nSPS) is 10.5. The summed E-state index contributed by atoms with van der Waals surface area (Å²) in [6, 6.07) is 22.3. The monoisotopic (exact) mass is 711 g/mol. The lowest BCUT2D eigenvalue weighted by atomic mass is 10.0. The van der Waals surface area contributed by atoms with E-state index in [0.717, 1.165) is 27.8 Å². The lowest BCUT2D eigenvalue weighted by molar-refractivity contribution is -0.119. The zero-order chi connectivity index (χ0) is 37.1. The van der Waals surface area contributed by atoms with Gasteiger partial charge in [0, 0.05) is 81.9 Å². The molecule has 0 saturated heterocycles. The highest BCUT2D eigenvalue weighted by Gasteiger charge is 2.15. The SMILES string of the molecule is COc1nc(OCc2cccc(COc3ccc(CNCCNC(C)=O)c(OC)n3)c2COc2cccc(C#N)c2)ccc1CNCCNC(C)=O. The molecule has 0 fully saturated rings. The van der Waals surface area contributed by atoms with E-state index >= 15 is 0 Å². The zero-order valence-corrected chi connectivity index (χ0v) is 29.9. The number of rotatable bonds is 21. The number of nitriles is 1. The van der Waals surface area contributed by atoms with Crippen molar-refractivity contribution >= 4 is 11.8 Å². The average Bonchev–Trinajstić information content (AvgIpc) is 3.15. The van der Waals surface area contributed by atoms with E-state index in [1.807, 2.05) is 30.3 Å². The van der Waals surface area contributed by atoms with E-state index in [-0.39, 0.29) is 31.6 Å². The number of hydrogen-bond donors (Lipinski definition) is 4. The first-order valence-corrected chi connectivity index (χ1v) is 16.8. The molecule has 0 aliphatic carbocycles. The van der Waals surface area contributed by atoms with Crippen LogP contribution in [0.15, 0.2) is 66.7 Å². The second kappa shape index (κ2) is 20.7. The highest BCUT2D eigenvalue weighted by Crippen LogP contribution is 2.26. The second-order valence-electron chi connectivity index (χ2n) is 11.5. The van der Waals surface area contributed by atoms with Crippen LogP contribution >= 0.6 is 0 Å². The Balaban J connectivity index is 1.47.